The van der Waals surface area contributed by atoms with Gasteiger partial charge in [0.25, 0.3) is 5.91 Å². The molecule has 30 heavy (non-hydrogen) atoms. The van der Waals surface area contributed by atoms with Gasteiger partial charge in [0.15, 0.2) is 0 Å². The molecule has 0 saturated carbocycles. The quantitative estimate of drug-likeness (QED) is 0.734. The summed E-state index contributed by atoms with van der Waals surface area (Å²) >= 11 is 0. The second-order valence-corrected chi connectivity index (χ2v) is 7.92. The average molecular weight is 406 g/mol. The molecule has 0 bridgehead atoms. The summed E-state index contributed by atoms with van der Waals surface area (Å²) in [6.45, 7) is 1.92. The van der Waals surface area contributed by atoms with Gasteiger partial charge >= 0.3 is 0 Å². The molecule has 3 aliphatic rings. The molecule has 4 heterocycles. The van der Waals surface area contributed by atoms with Crippen molar-refractivity contribution in [1.29, 1.82) is 0 Å². The molecule has 5 rings (SSSR count). The number of carbonyl (C=O) groups excluding carboxylic acids is 3. The highest BCUT2D eigenvalue weighted by Gasteiger charge is 2.39. The number of nitrogens with one attached hydrogen (secondary N) is 2. The summed E-state index contributed by atoms with van der Waals surface area (Å²) < 4.78 is 6.28. The molecule has 0 spiro atoms. The van der Waals surface area contributed by atoms with Crippen LogP contribution in [0.3, 0.4) is 0 Å². The Balaban J connectivity index is 1.32. The third kappa shape index (κ3) is 3.33. The highest BCUT2D eigenvalue weighted by Crippen LogP contribution is 2.32. The van der Waals surface area contributed by atoms with Crippen molar-refractivity contribution in [1.82, 2.24) is 20.5 Å². The number of hydrogen-bond donors (Lipinski definition) is 2. The zero-order chi connectivity index (χ0) is 20.7. The van der Waals surface area contributed by atoms with Gasteiger partial charge < -0.3 is 15.0 Å². The van der Waals surface area contributed by atoms with Gasteiger partial charge in [0, 0.05) is 49.9 Å². The molecule has 1 aromatic carbocycles. The molecule has 154 valence electrons. The maximum Gasteiger partial charge on any atom is 0.255 e. The van der Waals surface area contributed by atoms with Gasteiger partial charge in [-0.15, -0.1) is 0 Å². The second-order valence-electron chi connectivity index (χ2n) is 7.92. The van der Waals surface area contributed by atoms with E-state index in [2.05, 4.69) is 15.6 Å². The van der Waals surface area contributed by atoms with E-state index in [1.165, 1.54) is 5.56 Å². The van der Waals surface area contributed by atoms with E-state index in [1.807, 2.05) is 24.3 Å². The Morgan fingerprint density at radius 1 is 1.07 bits per heavy atom. The third-order valence-electron chi connectivity index (χ3n) is 6.08. The number of ether oxygens (including phenoxy) is 1. The predicted octanol–water partition coefficient (Wildman–Crippen LogP) is 0.977. The maximum absolute atomic E-state index is 12.8. The Bertz CT molecular complexity index is 1010. The van der Waals surface area contributed by atoms with Crippen molar-refractivity contribution in [3.63, 3.8) is 0 Å². The third-order valence-corrected chi connectivity index (χ3v) is 6.08. The molecule has 2 aromatic rings. The van der Waals surface area contributed by atoms with Crippen molar-refractivity contribution in [2.24, 2.45) is 0 Å². The number of carbonyl (C=O) groups is 3. The second kappa shape index (κ2) is 7.53. The maximum atomic E-state index is 12.8. The first-order valence-electron chi connectivity index (χ1n) is 10.1. The van der Waals surface area contributed by atoms with Gasteiger partial charge in [-0.1, -0.05) is 0 Å². The molecular weight excluding hydrogens is 384 g/mol. The average Bonchev–Trinajstić information content (AvgIpc) is 3.33. The lowest BCUT2D eigenvalue weighted by molar-refractivity contribution is -0.136. The van der Waals surface area contributed by atoms with Gasteiger partial charge in [0.2, 0.25) is 11.8 Å². The number of hydrogen-bond acceptors (Lipinski definition) is 6. The molecule has 2 N–H and O–H groups in total. The molecule has 3 amide bonds. The predicted molar refractivity (Wildman–Crippen MR) is 107 cm³/mol. The highest BCUT2D eigenvalue weighted by atomic mass is 16.5. The first kappa shape index (κ1) is 18.7. The van der Waals surface area contributed by atoms with E-state index in [1.54, 1.807) is 23.4 Å². The fourth-order valence-corrected chi connectivity index (χ4v) is 4.52. The lowest BCUT2D eigenvalue weighted by Gasteiger charge is -2.29. The zero-order valence-electron chi connectivity index (χ0n) is 16.3. The van der Waals surface area contributed by atoms with Crippen LogP contribution in [0.2, 0.25) is 0 Å². The largest absolute Gasteiger partial charge is 0.488 e. The monoisotopic (exact) mass is 406 g/mol. The lowest BCUT2D eigenvalue weighted by Crippen LogP contribution is -2.52. The number of imide groups is 1. The molecule has 3 atom stereocenters. The van der Waals surface area contributed by atoms with E-state index in [0.717, 1.165) is 18.7 Å². The minimum Gasteiger partial charge on any atom is -0.488 e. The SMILES string of the molecule is O=C1CC[C@H](N2Cc3cc(O[C@H]4CNC[C@@H]4c4ccncc4)ccc3C2=O)C(=O)N1. The fourth-order valence-electron chi connectivity index (χ4n) is 4.52. The van der Waals surface area contributed by atoms with Gasteiger partial charge in [-0.3, -0.25) is 24.7 Å². The molecule has 2 saturated heterocycles. The summed E-state index contributed by atoms with van der Waals surface area (Å²) in [6.07, 6.45) is 4.16. The number of amides is 3. The van der Waals surface area contributed by atoms with Crippen molar-refractivity contribution in [3.8, 4) is 5.75 Å². The van der Waals surface area contributed by atoms with Crippen molar-refractivity contribution in [2.75, 3.05) is 13.1 Å². The summed E-state index contributed by atoms with van der Waals surface area (Å²) in [7, 11) is 0. The topological polar surface area (TPSA) is 101 Å². The van der Waals surface area contributed by atoms with E-state index in [9.17, 15) is 14.4 Å². The molecule has 0 aliphatic carbocycles. The van der Waals surface area contributed by atoms with Crippen LogP contribution in [-0.2, 0) is 16.1 Å². The van der Waals surface area contributed by atoms with E-state index in [0.29, 0.717) is 24.3 Å². The lowest BCUT2D eigenvalue weighted by atomic mass is 9.97. The molecule has 3 aliphatic heterocycles. The summed E-state index contributed by atoms with van der Waals surface area (Å²) in [5, 5.41) is 5.71. The van der Waals surface area contributed by atoms with Crippen molar-refractivity contribution >= 4 is 17.7 Å². The van der Waals surface area contributed by atoms with E-state index >= 15 is 0 Å². The van der Waals surface area contributed by atoms with Crippen LogP contribution >= 0.6 is 0 Å². The minimum atomic E-state index is -0.609. The van der Waals surface area contributed by atoms with Crippen LogP contribution in [0, 0.1) is 0 Å². The summed E-state index contributed by atoms with van der Waals surface area (Å²) in [6, 6.07) is 8.87. The number of pyridine rings is 1. The van der Waals surface area contributed by atoms with E-state index in [-0.39, 0.29) is 30.3 Å². The molecule has 8 nitrogen and oxygen atoms in total. The van der Waals surface area contributed by atoms with Crippen molar-refractivity contribution in [3.05, 3.63) is 59.4 Å². The number of nitrogens with zero attached hydrogens (tertiary/aromatic N) is 2. The first-order chi connectivity index (χ1) is 14.6. The molecule has 2 fully saturated rings. The van der Waals surface area contributed by atoms with Gasteiger partial charge in [-0.2, -0.15) is 0 Å². The van der Waals surface area contributed by atoms with Crippen LogP contribution in [-0.4, -0.2) is 52.8 Å². The number of benzene rings is 1. The molecule has 0 unspecified atom stereocenters. The van der Waals surface area contributed by atoms with Crippen LogP contribution in [0.5, 0.6) is 5.75 Å². The summed E-state index contributed by atoms with van der Waals surface area (Å²) in [4.78, 5) is 42.1. The number of rotatable bonds is 4. The van der Waals surface area contributed by atoms with Crippen LogP contribution in [0.1, 0.15) is 40.2 Å². The van der Waals surface area contributed by atoms with Gasteiger partial charge in [-0.25, -0.2) is 0 Å². The van der Waals surface area contributed by atoms with Crippen LogP contribution in [0.25, 0.3) is 0 Å². The normalized spacial score (nSPS) is 25.9. The van der Waals surface area contributed by atoms with E-state index in [4.69, 9.17) is 4.74 Å². The minimum absolute atomic E-state index is 0.0196. The van der Waals surface area contributed by atoms with Crippen molar-refractivity contribution < 1.29 is 19.1 Å². The van der Waals surface area contributed by atoms with E-state index < -0.39 is 11.9 Å². The first-order valence-corrected chi connectivity index (χ1v) is 10.1. The van der Waals surface area contributed by atoms with Gasteiger partial charge in [-0.05, 0) is 47.9 Å². The smallest absolute Gasteiger partial charge is 0.255 e. The van der Waals surface area contributed by atoms with Gasteiger partial charge in [0.1, 0.15) is 17.9 Å². The molecular formula is C22H22N4O4. The highest BCUT2D eigenvalue weighted by molar-refractivity contribution is 6.05. The van der Waals surface area contributed by atoms with Crippen molar-refractivity contribution in [2.45, 2.75) is 37.5 Å². The number of piperidine rings is 1. The Hall–Kier alpha value is -3.26. The Labute approximate surface area is 173 Å². The van der Waals surface area contributed by atoms with Crippen LogP contribution < -0.4 is 15.4 Å². The number of fused-ring (bicyclic) bond motifs is 1. The zero-order valence-corrected chi connectivity index (χ0v) is 16.3. The standard InChI is InChI=1S/C22H22N4O4/c27-20-4-3-18(21(28)25-20)26-12-14-9-15(1-2-16(14)22(26)29)30-19-11-24-10-17(19)13-5-7-23-8-6-13/h1-2,5-9,17-19,24H,3-4,10-12H2,(H,25,27,28)/t17-,18+,19+/m1/s1. The van der Waals surface area contributed by atoms with Crippen LogP contribution in [0.15, 0.2) is 42.7 Å². The van der Waals surface area contributed by atoms with Crippen LogP contribution in [0.4, 0.5) is 0 Å². The molecule has 0 radical (unpaired) electrons. The molecule has 1 aromatic heterocycles. The van der Waals surface area contributed by atoms with Gasteiger partial charge in [0.05, 0.1) is 0 Å². The fraction of sp³-hybridized carbons (Fsp3) is 0.364. The Morgan fingerprint density at radius 3 is 2.70 bits per heavy atom. The number of aromatic nitrogens is 1. The molecule has 8 heteroatoms. The Kier molecular flexibility index (Phi) is 4.71. The Morgan fingerprint density at radius 2 is 1.90 bits per heavy atom. The summed E-state index contributed by atoms with van der Waals surface area (Å²) in [5.74, 6) is 0.0663. The summed E-state index contributed by atoms with van der Waals surface area (Å²) in [5.41, 5.74) is 2.61.